The normalized spacial score (nSPS) is 10.8. The van der Waals surface area contributed by atoms with Crippen LogP contribution in [0.1, 0.15) is 37.0 Å². The number of nitrogens with one attached hydrogen (secondary N) is 1. The molecule has 5 nitrogen and oxygen atoms in total. The predicted molar refractivity (Wildman–Crippen MR) is 96.6 cm³/mol. The fraction of sp³-hybridized carbons (Fsp3) is 0.556. The number of ether oxygens (including phenoxy) is 1. The quantitative estimate of drug-likeness (QED) is 0.463. The van der Waals surface area contributed by atoms with Gasteiger partial charge in [0, 0.05) is 36.5 Å². The highest BCUT2D eigenvalue weighted by Crippen LogP contribution is 2.11. The van der Waals surface area contributed by atoms with E-state index in [-0.39, 0.29) is 24.5 Å². The van der Waals surface area contributed by atoms with Gasteiger partial charge in [0.05, 0.1) is 13.2 Å². The van der Waals surface area contributed by atoms with Crippen molar-refractivity contribution in [1.82, 2.24) is 10.2 Å². The molecule has 1 rings (SSSR count). The van der Waals surface area contributed by atoms with E-state index in [4.69, 9.17) is 16.3 Å². The second-order valence-corrected chi connectivity index (χ2v) is 5.86. The topological polar surface area (TPSA) is 58.6 Å². The minimum atomic E-state index is -0.135. The molecule has 0 atom stereocenters. The van der Waals surface area contributed by atoms with Crippen LogP contribution >= 0.6 is 11.6 Å². The molecular formula is C18H27ClN2O3. The highest BCUT2D eigenvalue weighted by Gasteiger charge is 2.09. The van der Waals surface area contributed by atoms with E-state index in [2.05, 4.69) is 24.1 Å². The molecule has 0 saturated carbocycles. The van der Waals surface area contributed by atoms with Gasteiger partial charge >= 0.3 is 0 Å². The van der Waals surface area contributed by atoms with Crippen LogP contribution in [-0.2, 0) is 9.53 Å². The molecule has 24 heavy (non-hydrogen) atoms. The first kappa shape index (κ1) is 20.6. The van der Waals surface area contributed by atoms with E-state index in [1.54, 1.807) is 24.3 Å². The van der Waals surface area contributed by atoms with Crippen molar-refractivity contribution in [2.24, 2.45) is 0 Å². The molecule has 0 spiro atoms. The van der Waals surface area contributed by atoms with Crippen LogP contribution in [-0.4, -0.2) is 56.0 Å². The van der Waals surface area contributed by atoms with Crippen LogP contribution in [0.3, 0.4) is 0 Å². The molecule has 1 aromatic rings. The number of halogens is 1. The summed E-state index contributed by atoms with van der Waals surface area (Å²) in [5.74, 6) is -0.193. The van der Waals surface area contributed by atoms with Crippen LogP contribution in [0.2, 0.25) is 5.02 Å². The standard InChI is InChI=1S/C18H27ClN2O3/c1-3-21(4-2)12-14-24-13-11-20-18(23)10-9-17(22)15-5-7-16(19)8-6-15/h5-8H,3-4,9-14H2,1-2H3,(H,20,23). The average Bonchev–Trinajstić information content (AvgIpc) is 2.59. The fourth-order valence-corrected chi connectivity index (χ4v) is 2.32. The zero-order chi connectivity index (χ0) is 17.8. The Morgan fingerprint density at radius 1 is 1.08 bits per heavy atom. The average molecular weight is 355 g/mol. The summed E-state index contributed by atoms with van der Waals surface area (Å²) in [6.45, 7) is 8.77. The first-order valence-corrected chi connectivity index (χ1v) is 8.80. The van der Waals surface area contributed by atoms with Crippen molar-refractivity contribution in [1.29, 1.82) is 0 Å². The molecule has 1 aromatic carbocycles. The van der Waals surface area contributed by atoms with Gasteiger partial charge in [-0.15, -0.1) is 0 Å². The van der Waals surface area contributed by atoms with E-state index in [1.165, 1.54) is 0 Å². The summed E-state index contributed by atoms with van der Waals surface area (Å²) < 4.78 is 5.49. The van der Waals surface area contributed by atoms with E-state index in [1.807, 2.05) is 0 Å². The Morgan fingerprint density at radius 3 is 2.38 bits per heavy atom. The number of likely N-dealkylation sites (N-methyl/N-ethyl adjacent to an activating group) is 1. The van der Waals surface area contributed by atoms with E-state index in [0.717, 1.165) is 19.6 Å². The number of Topliss-reactive ketones (excluding diaryl/α,β-unsaturated/α-hetero) is 1. The van der Waals surface area contributed by atoms with E-state index >= 15 is 0 Å². The van der Waals surface area contributed by atoms with E-state index in [0.29, 0.717) is 30.3 Å². The highest BCUT2D eigenvalue weighted by atomic mass is 35.5. The minimum absolute atomic E-state index is 0.0581. The Kier molecular flexibility index (Phi) is 10.3. The maximum Gasteiger partial charge on any atom is 0.220 e. The number of hydrogen-bond donors (Lipinski definition) is 1. The zero-order valence-electron chi connectivity index (χ0n) is 14.5. The molecule has 0 unspecified atom stereocenters. The summed E-state index contributed by atoms with van der Waals surface area (Å²) in [4.78, 5) is 25.9. The van der Waals surface area contributed by atoms with Crippen molar-refractivity contribution in [3.8, 4) is 0 Å². The lowest BCUT2D eigenvalue weighted by Crippen LogP contribution is -2.30. The first-order valence-electron chi connectivity index (χ1n) is 8.42. The molecule has 0 heterocycles. The van der Waals surface area contributed by atoms with Crippen LogP contribution in [0, 0.1) is 0 Å². The second-order valence-electron chi connectivity index (χ2n) is 5.42. The van der Waals surface area contributed by atoms with Crippen molar-refractivity contribution in [2.75, 3.05) is 39.4 Å². The van der Waals surface area contributed by atoms with Gasteiger partial charge in [-0.25, -0.2) is 0 Å². The molecule has 0 bridgehead atoms. The molecule has 0 aliphatic heterocycles. The molecule has 0 aliphatic carbocycles. The predicted octanol–water partition coefficient (Wildman–Crippen LogP) is 2.78. The number of benzene rings is 1. The molecule has 0 saturated heterocycles. The summed E-state index contributed by atoms with van der Waals surface area (Å²) in [6, 6.07) is 6.69. The first-order chi connectivity index (χ1) is 11.6. The third-order valence-electron chi connectivity index (χ3n) is 3.76. The third kappa shape index (κ3) is 8.43. The lowest BCUT2D eigenvalue weighted by Gasteiger charge is -2.17. The van der Waals surface area contributed by atoms with Crippen LogP contribution < -0.4 is 5.32 Å². The van der Waals surface area contributed by atoms with Crippen molar-refractivity contribution in [3.63, 3.8) is 0 Å². The molecular weight excluding hydrogens is 328 g/mol. The molecule has 0 radical (unpaired) electrons. The van der Waals surface area contributed by atoms with Crippen LogP contribution in [0.4, 0.5) is 0 Å². The Labute approximate surface area is 149 Å². The van der Waals surface area contributed by atoms with E-state index in [9.17, 15) is 9.59 Å². The maximum atomic E-state index is 11.9. The number of rotatable bonds is 12. The number of carbonyl (C=O) groups excluding carboxylic acids is 2. The van der Waals surface area contributed by atoms with Crippen molar-refractivity contribution in [3.05, 3.63) is 34.9 Å². The molecule has 1 amide bonds. The molecule has 6 heteroatoms. The van der Waals surface area contributed by atoms with Crippen LogP contribution in [0.15, 0.2) is 24.3 Å². The van der Waals surface area contributed by atoms with Gasteiger partial charge in [-0.05, 0) is 37.4 Å². The number of carbonyl (C=O) groups is 2. The van der Waals surface area contributed by atoms with Crippen molar-refractivity contribution in [2.45, 2.75) is 26.7 Å². The van der Waals surface area contributed by atoms with Crippen LogP contribution in [0.25, 0.3) is 0 Å². The number of hydrogen-bond acceptors (Lipinski definition) is 4. The third-order valence-corrected chi connectivity index (χ3v) is 4.01. The molecule has 134 valence electrons. The van der Waals surface area contributed by atoms with Crippen molar-refractivity contribution < 1.29 is 14.3 Å². The summed E-state index contributed by atoms with van der Waals surface area (Å²) in [6.07, 6.45) is 0.372. The fourth-order valence-electron chi connectivity index (χ4n) is 2.19. The van der Waals surface area contributed by atoms with Gasteiger partial charge in [-0.1, -0.05) is 25.4 Å². The lowest BCUT2D eigenvalue weighted by atomic mass is 10.1. The van der Waals surface area contributed by atoms with Gasteiger partial charge in [-0.2, -0.15) is 0 Å². The minimum Gasteiger partial charge on any atom is -0.378 e. The molecule has 0 fully saturated rings. The van der Waals surface area contributed by atoms with Crippen molar-refractivity contribution >= 4 is 23.3 Å². The summed E-state index contributed by atoms with van der Waals surface area (Å²) in [7, 11) is 0. The lowest BCUT2D eigenvalue weighted by molar-refractivity contribution is -0.121. The molecule has 1 N–H and O–H groups in total. The van der Waals surface area contributed by atoms with E-state index < -0.39 is 0 Å². The smallest absolute Gasteiger partial charge is 0.220 e. The Balaban J connectivity index is 2.09. The maximum absolute atomic E-state index is 11.9. The highest BCUT2D eigenvalue weighted by molar-refractivity contribution is 6.30. The van der Waals surface area contributed by atoms with Gasteiger partial charge in [0.2, 0.25) is 5.91 Å². The number of nitrogens with zero attached hydrogens (tertiary/aromatic N) is 1. The largest absolute Gasteiger partial charge is 0.378 e. The molecule has 0 aromatic heterocycles. The monoisotopic (exact) mass is 354 g/mol. The summed E-state index contributed by atoms with van der Waals surface area (Å²) >= 11 is 5.78. The van der Waals surface area contributed by atoms with Gasteiger partial charge in [-0.3, -0.25) is 9.59 Å². The van der Waals surface area contributed by atoms with Gasteiger partial charge in [0.25, 0.3) is 0 Å². The van der Waals surface area contributed by atoms with Gasteiger partial charge < -0.3 is 15.0 Å². The molecule has 0 aliphatic rings. The Bertz CT molecular complexity index is 501. The summed E-state index contributed by atoms with van der Waals surface area (Å²) in [5.41, 5.74) is 0.576. The van der Waals surface area contributed by atoms with Gasteiger partial charge in [0.15, 0.2) is 5.78 Å². The zero-order valence-corrected chi connectivity index (χ0v) is 15.3. The Morgan fingerprint density at radius 2 is 1.75 bits per heavy atom. The second kappa shape index (κ2) is 12.0. The number of amides is 1. The van der Waals surface area contributed by atoms with Gasteiger partial charge in [0.1, 0.15) is 0 Å². The summed E-state index contributed by atoms with van der Waals surface area (Å²) in [5, 5.41) is 3.35. The van der Waals surface area contributed by atoms with Crippen LogP contribution in [0.5, 0.6) is 0 Å². The number of ketones is 1. The SMILES string of the molecule is CCN(CC)CCOCCNC(=O)CCC(=O)c1ccc(Cl)cc1. The Hall–Kier alpha value is -1.43.